The van der Waals surface area contributed by atoms with Crippen molar-refractivity contribution in [2.75, 3.05) is 11.1 Å². The van der Waals surface area contributed by atoms with Gasteiger partial charge in [-0.1, -0.05) is 17.8 Å². The Hall–Kier alpha value is -2.48. The molecular formula is C15H16N4O3S. The van der Waals surface area contributed by atoms with Gasteiger partial charge >= 0.3 is 0 Å². The summed E-state index contributed by atoms with van der Waals surface area (Å²) < 4.78 is 0. The molecule has 8 heteroatoms. The third kappa shape index (κ3) is 4.49. The number of aryl methyl sites for hydroxylation is 2. The first-order valence-electron chi connectivity index (χ1n) is 6.86. The summed E-state index contributed by atoms with van der Waals surface area (Å²) in [6.45, 7) is 5.34. The fraction of sp³-hybridized carbons (Fsp3) is 0.267. The third-order valence-corrected chi connectivity index (χ3v) is 3.92. The van der Waals surface area contributed by atoms with Gasteiger partial charge in [0.15, 0.2) is 5.16 Å². The molecule has 1 aromatic heterocycles. The Morgan fingerprint density at radius 3 is 2.52 bits per heavy atom. The van der Waals surface area contributed by atoms with Crippen molar-refractivity contribution in [1.29, 1.82) is 0 Å². The highest BCUT2D eigenvalue weighted by atomic mass is 32.2. The molecule has 0 aliphatic carbocycles. The zero-order chi connectivity index (χ0) is 17.0. The standard InChI is InChI=1S/C15H16N4O3S/c1-9-7-10(2)17-15(16-9)23-8-14(20)18-12-5-4-6-13(11(12)3)19(21)22/h4-7H,8H2,1-3H3,(H,18,20). The lowest BCUT2D eigenvalue weighted by Crippen LogP contribution is -2.15. The number of benzene rings is 1. The number of carbonyl (C=O) groups is 1. The van der Waals surface area contributed by atoms with Crippen molar-refractivity contribution < 1.29 is 9.72 Å². The quantitative estimate of drug-likeness (QED) is 0.391. The molecule has 1 amide bonds. The Morgan fingerprint density at radius 1 is 1.26 bits per heavy atom. The molecule has 0 aliphatic heterocycles. The molecule has 0 fully saturated rings. The van der Waals surface area contributed by atoms with Gasteiger partial charge < -0.3 is 5.32 Å². The zero-order valence-corrected chi connectivity index (χ0v) is 13.8. The molecule has 0 spiro atoms. The van der Waals surface area contributed by atoms with E-state index in [1.165, 1.54) is 17.8 Å². The van der Waals surface area contributed by atoms with Crippen LogP contribution in [0, 0.1) is 30.9 Å². The second-order valence-corrected chi connectivity index (χ2v) is 5.92. The van der Waals surface area contributed by atoms with Crippen LogP contribution in [0.3, 0.4) is 0 Å². The summed E-state index contributed by atoms with van der Waals surface area (Å²) in [7, 11) is 0. The maximum atomic E-state index is 12.0. The summed E-state index contributed by atoms with van der Waals surface area (Å²) in [5.74, 6) is -0.133. The zero-order valence-electron chi connectivity index (χ0n) is 13.0. The highest BCUT2D eigenvalue weighted by Crippen LogP contribution is 2.25. The van der Waals surface area contributed by atoms with Crippen LogP contribution in [-0.4, -0.2) is 26.6 Å². The molecule has 23 heavy (non-hydrogen) atoms. The number of nitrogens with one attached hydrogen (secondary N) is 1. The minimum absolute atomic E-state index is 0.0203. The van der Waals surface area contributed by atoms with Crippen molar-refractivity contribution in [2.24, 2.45) is 0 Å². The first kappa shape index (κ1) is 16.9. The molecule has 0 saturated heterocycles. The number of nitro groups is 1. The van der Waals surface area contributed by atoms with Crippen LogP contribution in [0.25, 0.3) is 0 Å². The second kappa shape index (κ2) is 7.19. The van der Waals surface area contributed by atoms with E-state index in [1.807, 2.05) is 19.9 Å². The molecule has 1 N–H and O–H groups in total. The first-order valence-corrected chi connectivity index (χ1v) is 7.84. The van der Waals surface area contributed by atoms with Crippen LogP contribution < -0.4 is 5.32 Å². The number of thioether (sulfide) groups is 1. The molecule has 1 heterocycles. The lowest BCUT2D eigenvalue weighted by atomic mass is 10.1. The molecule has 2 rings (SSSR count). The van der Waals surface area contributed by atoms with E-state index < -0.39 is 4.92 Å². The Labute approximate surface area is 137 Å². The number of nitro benzene ring substituents is 1. The van der Waals surface area contributed by atoms with E-state index in [9.17, 15) is 14.9 Å². The van der Waals surface area contributed by atoms with Crippen molar-refractivity contribution in [3.63, 3.8) is 0 Å². The van der Waals surface area contributed by atoms with Gasteiger partial charge in [-0.25, -0.2) is 9.97 Å². The van der Waals surface area contributed by atoms with Gasteiger partial charge in [0, 0.05) is 17.5 Å². The molecule has 1 aromatic carbocycles. The number of nitrogens with zero attached hydrogens (tertiary/aromatic N) is 3. The van der Waals surface area contributed by atoms with Crippen LogP contribution in [0.15, 0.2) is 29.4 Å². The maximum Gasteiger partial charge on any atom is 0.274 e. The fourth-order valence-corrected chi connectivity index (χ4v) is 2.78. The minimum Gasteiger partial charge on any atom is -0.325 e. The number of hydrogen-bond donors (Lipinski definition) is 1. The lowest BCUT2D eigenvalue weighted by Gasteiger charge is -2.08. The molecular weight excluding hydrogens is 316 g/mol. The van der Waals surface area contributed by atoms with E-state index in [-0.39, 0.29) is 17.3 Å². The molecule has 0 unspecified atom stereocenters. The van der Waals surface area contributed by atoms with Crippen LogP contribution in [0.5, 0.6) is 0 Å². The van der Waals surface area contributed by atoms with Crippen molar-refractivity contribution in [2.45, 2.75) is 25.9 Å². The summed E-state index contributed by atoms with van der Waals surface area (Å²) in [6, 6.07) is 6.44. The Bertz CT molecular complexity index is 744. The van der Waals surface area contributed by atoms with Crippen LogP contribution >= 0.6 is 11.8 Å². The van der Waals surface area contributed by atoms with E-state index in [0.29, 0.717) is 16.4 Å². The number of anilines is 1. The Morgan fingerprint density at radius 2 is 1.91 bits per heavy atom. The molecule has 2 aromatic rings. The van der Waals surface area contributed by atoms with Gasteiger partial charge in [-0.2, -0.15) is 0 Å². The number of carbonyl (C=O) groups excluding carboxylic acids is 1. The predicted molar refractivity (Wildman–Crippen MR) is 88.7 cm³/mol. The van der Waals surface area contributed by atoms with Gasteiger partial charge in [-0.05, 0) is 32.9 Å². The monoisotopic (exact) mass is 332 g/mol. The second-order valence-electron chi connectivity index (χ2n) is 4.98. The van der Waals surface area contributed by atoms with Gasteiger partial charge in [0.25, 0.3) is 5.69 Å². The number of amides is 1. The van der Waals surface area contributed by atoms with Gasteiger partial charge in [0.2, 0.25) is 5.91 Å². The Kier molecular flexibility index (Phi) is 5.28. The van der Waals surface area contributed by atoms with Gasteiger partial charge in [0.1, 0.15) is 0 Å². The fourth-order valence-electron chi connectivity index (χ4n) is 2.03. The summed E-state index contributed by atoms with van der Waals surface area (Å²) in [5, 5.41) is 14.1. The highest BCUT2D eigenvalue weighted by Gasteiger charge is 2.15. The third-order valence-electron chi connectivity index (χ3n) is 3.07. The summed E-state index contributed by atoms with van der Waals surface area (Å²) in [6.07, 6.45) is 0. The van der Waals surface area contributed by atoms with Gasteiger partial charge in [-0.3, -0.25) is 14.9 Å². The maximum absolute atomic E-state index is 12.0. The predicted octanol–water partition coefficient (Wildman–Crippen LogP) is 3.04. The van der Waals surface area contributed by atoms with Crippen LogP contribution in [0.4, 0.5) is 11.4 Å². The summed E-state index contributed by atoms with van der Waals surface area (Å²) >= 11 is 1.22. The molecule has 0 aliphatic rings. The van der Waals surface area contributed by atoms with Crippen molar-refractivity contribution >= 4 is 29.0 Å². The molecule has 0 bridgehead atoms. The number of hydrogen-bond acceptors (Lipinski definition) is 6. The van der Waals surface area contributed by atoms with Gasteiger partial charge in [-0.15, -0.1) is 0 Å². The highest BCUT2D eigenvalue weighted by molar-refractivity contribution is 7.99. The van der Waals surface area contributed by atoms with Crippen LogP contribution in [0.2, 0.25) is 0 Å². The minimum atomic E-state index is -0.469. The largest absolute Gasteiger partial charge is 0.325 e. The normalized spacial score (nSPS) is 10.4. The number of rotatable bonds is 5. The smallest absolute Gasteiger partial charge is 0.274 e. The summed E-state index contributed by atoms with van der Waals surface area (Å²) in [4.78, 5) is 31.0. The van der Waals surface area contributed by atoms with E-state index >= 15 is 0 Å². The lowest BCUT2D eigenvalue weighted by molar-refractivity contribution is -0.385. The molecule has 7 nitrogen and oxygen atoms in total. The molecule has 0 atom stereocenters. The van der Waals surface area contributed by atoms with Crippen LogP contribution in [0.1, 0.15) is 17.0 Å². The van der Waals surface area contributed by atoms with Gasteiger partial charge in [0.05, 0.1) is 21.9 Å². The first-order chi connectivity index (χ1) is 10.9. The van der Waals surface area contributed by atoms with Crippen molar-refractivity contribution in [3.05, 3.63) is 51.3 Å². The average molecular weight is 332 g/mol. The number of aromatic nitrogens is 2. The topological polar surface area (TPSA) is 98.0 Å². The Balaban J connectivity index is 2.03. The van der Waals surface area contributed by atoms with Crippen molar-refractivity contribution in [1.82, 2.24) is 9.97 Å². The molecule has 120 valence electrons. The SMILES string of the molecule is Cc1cc(C)nc(SCC(=O)Nc2cccc([N+](=O)[O-])c2C)n1. The average Bonchev–Trinajstić information content (AvgIpc) is 2.46. The van der Waals surface area contributed by atoms with E-state index in [0.717, 1.165) is 11.4 Å². The van der Waals surface area contributed by atoms with Crippen LogP contribution in [-0.2, 0) is 4.79 Å². The van der Waals surface area contributed by atoms with E-state index in [4.69, 9.17) is 0 Å². The van der Waals surface area contributed by atoms with E-state index in [1.54, 1.807) is 19.1 Å². The summed E-state index contributed by atoms with van der Waals surface area (Å²) in [5.41, 5.74) is 2.53. The van der Waals surface area contributed by atoms with Crippen molar-refractivity contribution in [3.8, 4) is 0 Å². The van der Waals surface area contributed by atoms with E-state index in [2.05, 4.69) is 15.3 Å². The molecule has 0 radical (unpaired) electrons. The molecule has 0 saturated carbocycles.